The van der Waals surface area contributed by atoms with Gasteiger partial charge in [0.25, 0.3) is 0 Å². The molecule has 0 atom stereocenters. The lowest BCUT2D eigenvalue weighted by molar-refractivity contribution is -0.274. The van der Waals surface area contributed by atoms with Gasteiger partial charge in [0.2, 0.25) is 0 Å². The molecule has 10 heteroatoms. The minimum Gasteiger partial charge on any atom is -0.405 e. The van der Waals surface area contributed by atoms with Crippen LogP contribution in [0.2, 0.25) is 0 Å². The molecule has 0 unspecified atom stereocenters. The fourth-order valence-electron chi connectivity index (χ4n) is 3.33. The summed E-state index contributed by atoms with van der Waals surface area (Å²) >= 11 is 0. The first kappa shape index (κ1) is 21.9. The predicted molar refractivity (Wildman–Crippen MR) is 104 cm³/mol. The number of nitrogens with one attached hydrogen (secondary N) is 1. The van der Waals surface area contributed by atoms with E-state index in [0.29, 0.717) is 12.8 Å². The normalized spacial score (nSPS) is 15.6. The largest absolute Gasteiger partial charge is 0.573 e. The molecule has 0 saturated carbocycles. The van der Waals surface area contributed by atoms with Gasteiger partial charge in [-0.1, -0.05) is 36.4 Å². The standard InChI is InChI=1S/C20H21F3N2O4S/c21-20(22,23)29-18-9-5-4-6-15(18)14-24-19(26)25-12-10-17(11-13-25)30(27,28)16-7-2-1-3-8-16/h1-9,17H,10-14H2,(H,24,26). The monoisotopic (exact) mass is 442 g/mol. The summed E-state index contributed by atoms with van der Waals surface area (Å²) < 4.78 is 66.9. The van der Waals surface area contributed by atoms with Crippen LogP contribution in [0.15, 0.2) is 59.5 Å². The Morgan fingerprint density at radius 1 is 1.03 bits per heavy atom. The topological polar surface area (TPSA) is 75.7 Å². The molecule has 1 N–H and O–H groups in total. The number of nitrogens with zero attached hydrogens (tertiary/aromatic N) is 1. The van der Waals surface area contributed by atoms with Gasteiger partial charge in [-0.05, 0) is 31.0 Å². The summed E-state index contributed by atoms with van der Waals surface area (Å²) in [5, 5.41) is 1.99. The first-order chi connectivity index (χ1) is 14.2. The third-order valence-electron chi connectivity index (χ3n) is 4.87. The van der Waals surface area contributed by atoms with Gasteiger partial charge in [0, 0.05) is 25.2 Å². The second-order valence-corrected chi connectivity index (χ2v) is 9.09. The highest BCUT2D eigenvalue weighted by Gasteiger charge is 2.33. The van der Waals surface area contributed by atoms with Crippen molar-refractivity contribution in [3.8, 4) is 5.75 Å². The molecule has 0 bridgehead atoms. The minimum absolute atomic E-state index is 0.146. The predicted octanol–water partition coefficient (Wildman–Crippen LogP) is 3.73. The zero-order valence-electron chi connectivity index (χ0n) is 15.9. The Balaban J connectivity index is 1.56. The van der Waals surface area contributed by atoms with E-state index in [1.807, 2.05) is 0 Å². The molecule has 1 heterocycles. The minimum atomic E-state index is -4.83. The highest BCUT2D eigenvalue weighted by Crippen LogP contribution is 2.27. The van der Waals surface area contributed by atoms with Crippen molar-refractivity contribution in [3.63, 3.8) is 0 Å². The van der Waals surface area contributed by atoms with E-state index in [4.69, 9.17) is 0 Å². The molecular formula is C20H21F3N2O4S. The highest BCUT2D eigenvalue weighted by atomic mass is 32.2. The van der Waals surface area contributed by atoms with Crippen molar-refractivity contribution in [2.24, 2.45) is 0 Å². The maximum atomic E-state index is 12.7. The lowest BCUT2D eigenvalue weighted by Crippen LogP contribution is -2.46. The smallest absolute Gasteiger partial charge is 0.405 e. The van der Waals surface area contributed by atoms with Crippen molar-refractivity contribution in [2.75, 3.05) is 13.1 Å². The Hall–Kier alpha value is -2.75. The third-order valence-corrected chi connectivity index (χ3v) is 7.15. The van der Waals surface area contributed by atoms with Crippen molar-refractivity contribution in [3.05, 3.63) is 60.2 Å². The number of piperidine rings is 1. The SMILES string of the molecule is O=C(NCc1ccccc1OC(F)(F)F)N1CCC(S(=O)(=O)c2ccccc2)CC1. The summed E-state index contributed by atoms with van der Waals surface area (Å²) in [6.07, 6.45) is -4.25. The van der Waals surface area contributed by atoms with E-state index in [1.165, 1.54) is 23.1 Å². The van der Waals surface area contributed by atoms with E-state index in [9.17, 15) is 26.4 Å². The molecule has 0 radical (unpaired) electrons. The Morgan fingerprint density at radius 3 is 2.27 bits per heavy atom. The molecule has 2 aromatic carbocycles. The van der Waals surface area contributed by atoms with Crippen molar-refractivity contribution >= 4 is 15.9 Å². The summed E-state index contributed by atoms with van der Waals surface area (Å²) in [7, 11) is -3.47. The van der Waals surface area contributed by atoms with E-state index < -0.39 is 27.5 Å². The summed E-state index contributed by atoms with van der Waals surface area (Å²) in [4.78, 5) is 14.1. The molecule has 0 aromatic heterocycles. The van der Waals surface area contributed by atoms with E-state index >= 15 is 0 Å². The van der Waals surface area contributed by atoms with Crippen LogP contribution in [-0.4, -0.2) is 44.1 Å². The molecule has 1 aliphatic rings. The van der Waals surface area contributed by atoms with Gasteiger partial charge in [0.05, 0.1) is 10.1 Å². The lowest BCUT2D eigenvalue weighted by atomic mass is 10.1. The van der Waals surface area contributed by atoms with Crippen LogP contribution >= 0.6 is 0 Å². The number of hydrogen-bond acceptors (Lipinski definition) is 4. The number of para-hydroxylation sites is 1. The van der Waals surface area contributed by atoms with Crippen LogP contribution in [0.1, 0.15) is 18.4 Å². The average Bonchev–Trinajstić information content (AvgIpc) is 2.72. The number of sulfone groups is 1. The third kappa shape index (κ3) is 5.44. The van der Waals surface area contributed by atoms with Gasteiger partial charge < -0.3 is 15.0 Å². The van der Waals surface area contributed by atoms with Crippen molar-refractivity contribution in [1.82, 2.24) is 10.2 Å². The van der Waals surface area contributed by atoms with Crippen LogP contribution in [0.3, 0.4) is 0 Å². The van der Waals surface area contributed by atoms with E-state index in [0.717, 1.165) is 0 Å². The van der Waals surface area contributed by atoms with Gasteiger partial charge in [-0.15, -0.1) is 13.2 Å². The Bertz CT molecular complexity index is 973. The number of ether oxygens (including phenoxy) is 1. The first-order valence-electron chi connectivity index (χ1n) is 9.32. The number of benzene rings is 2. The van der Waals surface area contributed by atoms with Gasteiger partial charge >= 0.3 is 12.4 Å². The highest BCUT2D eigenvalue weighted by molar-refractivity contribution is 7.92. The average molecular weight is 442 g/mol. The molecule has 162 valence electrons. The quantitative estimate of drug-likeness (QED) is 0.766. The van der Waals surface area contributed by atoms with Gasteiger partial charge in [-0.2, -0.15) is 0 Å². The molecule has 0 aliphatic carbocycles. The second kappa shape index (κ2) is 8.95. The Kier molecular flexibility index (Phi) is 6.55. The molecule has 2 amide bonds. The van der Waals surface area contributed by atoms with E-state index in [2.05, 4.69) is 10.1 Å². The van der Waals surface area contributed by atoms with Gasteiger partial charge in [0.15, 0.2) is 9.84 Å². The number of urea groups is 1. The van der Waals surface area contributed by atoms with Gasteiger partial charge in [0.1, 0.15) is 5.75 Å². The van der Waals surface area contributed by atoms with Crippen LogP contribution in [0.5, 0.6) is 5.75 Å². The number of rotatable bonds is 5. The molecule has 2 aromatic rings. The molecule has 1 aliphatic heterocycles. The van der Waals surface area contributed by atoms with E-state index in [-0.39, 0.29) is 35.8 Å². The van der Waals surface area contributed by atoms with Crippen molar-refractivity contribution < 1.29 is 31.1 Å². The number of hydrogen-bond donors (Lipinski definition) is 1. The number of carbonyl (C=O) groups is 1. The number of likely N-dealkylation sites (tertiary alicyclic amines) is 1. The fraction of sp³-hybridized carbons (Fsp3) is 0.350. The number of halogens is 3. The first-order valence-corrected chi connectivity index (χ1v) is 10.9. The van der Waals surface area contributed by atoms with Gasteiger partial charge in [-0.3, -0.25) is 0 Å². The molecule has 3 rings (SSSR count). The molecule has 30 heavy (non-hydrogen) atoms. The van der Waals surface area contributed by atoms with Crippen LogP contribution in [0, 0.1) is 0 Å². The Morgan fingerprint density at radius 2 is 1.63 bits per heavy atom. The summed E-state index contributed by atoms with van der Waals surface area (Å²) in [6, 6.07) is 13.3. The van der Waals surface area contributed by atoms with Crippen LogP contribution in [0.4, 0.5) is 18.0 Å². The zero-order valence-corrected chi connectivity index (χ0v) is 16.7. The second-order valence-electron chi connectivity index (χ2n) is 6.86. The number of amides is 2. The molecule has 1 fully saturated rings. The van der Waals surface area contributed by atoms with Crippen molar-refractivity contribution in [1.29, 1.82) is 0 Å². The van der Waals surface area contributed by atoms with Crippen LogP contribution < -0.4 is 10.1 Å². The van der Waals surface area contributed by atoms with E-state index in [1.54, 1.807) is 36.4 Å². The summed E-state index contributed by atoms with van der Waals surface area (Å²) in [5.41, 5.74) is 0.185. The van der Waals surface area contributed by atoms with Crippen LogP contribution in [0.25, 0.3) is 0 Å². The van der Waals surface area contributed by atoms with Crippen LogP contribution in [-0.2, 0) is 16.4 Å². The fourth-order valence-corrected chi connectivity index (χ4v) is 5.08. The maximum absolute atomic E-state index is 12.7. The molecular weight excluding hydrogens is 421 g/mol. The molecule has 1 saturated heterocycles. The van der Waals surface area contributed by atoms with Gasteiger partial charge in [-0.25, -0.2) is 13.2 Å². The molecule has 6 nitrogen and oxygen atoms in total. The number of alkyl halides is 3. The number of carbonyl (C=O) groups excluding carboxylic acids is 1. The maximum Gasteiger partial charge on any atom is 0.573 e. The Labute approximate surface area is 172 Å². The summed E-state index contributed by atoms with van der Waals surface area (Å²) in [5.74, 6) is -0.377. The summed E-state index contributed by atoms with van der Waals surface area (Å²) in [6.45, 7) is 0.333. The lowest BCUT2D eigenvalue weighted by Gasteiger charge is -2.31. The molecule has 0 spiro atoms. The zero-order chi connectivity index (χ0) is 21.8. The van der Waals surface area contributed by atoms with Crippen molar-refractivity contribution in [2.45, 2.75) is 35.9 Å².